The van der Waals surface area contributed by atoms with Gasteiger partial charge in [-0.1, -0.05) is 18.2 Å². The number of carbonyl (C=O) groups excluding carboxylic acids is 2. The lowest BCUT2D eigenvalue weighted by Crippen LogP contribution is -2.34. The van der Waals surface area contributed by atoms with E-state index in [-0.39, 0.29) is 12.2 Å². The molecule has 0 amide bonds. The zero-order valence-electron chi connectivity index (χ0n) is 15.4. The average Bonchev–Trinajstić information content (AvgIpc) is 2.85. The van der Waals surface area contributed by atoms with E-state index in [0.717, 1.165) is 5.57 Å². The third-order valence-electron chi connectivity index (χ3n) is 4.81. The zero-order valence-corrected chi connectivity index (χ0v) is 15.4. The molecule has 0 aromatic heterocycles. The second kappa shape index (κ2) is 8.47. The third kappa shape index (κ3) is 4.51. The number of rotatable bonds is 3. The number of ether oxygens (including phenoxy) is 2. The number of hydrogen-bond donors (Lipinski definition) is 2. The van der Waals surface area contributed by atoms with Crippen molar-refractivity contribution in [1.82, 2.24) is 0 Å². The first-order chi connectivity index (χ1) is 12.2. The van der Waals surface area contributed by atoms with E-state index in [4.69, 9.17) is 14.6 Å². The predicted octanol–water partition coefficient (Wildman–Crippen LogP) is 1.98. The largest absolute Gasteiger partial charge is 0.458 e. The Bertz CT molecular complexity index is 684. The van der Waals surface area contributed by atoms with Gasteiger partial charge in [-0.3, -0.25) is 0 Å². The summed E-state index contributed by atoms with van der Waals surface area (Å²) in [6.07, 6.45) is 3.87. The highest BCUT2D eigenvalue weighted by Gasteiger charge is 2.44. The van der Waals surface area contributed by atoms with Crippen molar-refractivity contribution in [2.75, 3.05) is 6.61 Å². The Hall–Kier alpha value is -2.18. The molecule has 0 radical (unpaired) electrons. The summed E-state index contributed by atoms with van der Waals surface area (Å²) in [5.74, 6) is -1.61. The molecule has 6 heteroatoms. The SMILES string of the molecule is C=C1C(=O)OC2/C=C(/C)C(O)C/C=C(/C)CC(OC(=O)/C(C)=C/CO)C12. The maximum absolute atomic E-state index is 12.3. The average molecular weight is 362 g/mol. The summed E-state index contributed by atoms with van der Waals surface area (Å²) in [7, 11) is 0. The lowest BCUT2D eigenvalue weighted by molar-refractivity contribution is -0.147. The maximum atomic E-state index is 12.3. The molecule has 0 aromatic carbocycles. The van der Waals surface area contributed by atoms with Crippen LogP contribution in [0.1, 0.15) is 33.6 Å². The topological polar surface area (TPSA) is 93.1 Å². The molecule has 0 saturated carbocycles. The van der Waals surface area contributed by atoms with Crippen LogP contribution in [-0.2, 0) is 19.1 Å². The van der Waals surface area contributed by atoms with Gasteiger partial charge >= 0.3 is 11.9 Å². The Kier molecular flexibility index (Phi) is 6.56. The zero-order chi connectivity index (χ0) is 19.4. The molecular formula is C20H26O6. The molecule has 2 N–H and O–H groups in total. The van der Waals surface area contributed by atoms with E-state index in [0.29, 0.717) is 24.0 Å². The van der Waals surface area contributed by atoms with Crippen LogP contribution in [0.3, 0.4) is 0 Å². The van der Waals surface area contributed by atoms with Crippen LogP contribution >= 0.6 is 0 Å². The number of esters is 2. The van der Waals surface area contributed by atoms with E-state index < -0.39 is 36.2 Å². The summed E-state index contributed by atoms with van der Waals surface area (Å²) in [5, 5.41) is 19.2. The normalized spacial score (nSPS) is 34.1. The van der Waals surface area contributed by atoms with Crippen molar-refractivity contribution in [3.05, 3.63) is 47.1 Å². The van der Waals surface area contributed by atoms with Crippen LogP contribution in [0.4, 0.5) is 0 Å². The fourth-order valence-corrected chi connectivity index (χ4v) is 3.14. The maximum Gasteiger partial charge on any atom is 0.334 e. The van der Waals surface area contributed by atoms with Crippen molar-refractivity contribution in [2.45, 2.75) is 51.9 Å². The Morgan fingerprint density at radius 2 is 2.15 bits per heavy atom. The summed E-state index contributed by atoms with van der Waals surface area (Å²) in [6, 6.07) is 0. The summed E-state index contributed by atoms with van der Waals surface area (Å²) in [4.78, 5) is 24.4. The van der Waals surface area contributed by atoms with E-state index in [1.54, 1.807) is 19.9 Å². The monoisotopic (exact) mass is 362 g/mol. The minimum Gasteiger partial charge on any atom is -0.458 e. The van der Waals surface area contributed by atoms with Crippen molar-refractivity contribution >= 4 is 11.9 Å². The van der Waals surface area contributed by atoms with Crippen LogP contribution in [0.2, 0.25) is 0 Å². The van der Waals surface area contributed by atoms with Gasteiger partial charge in [0.25, 0.3) is 0 Å². The van der Waals surface area contributed by atoms with E-state index in [2.05, 4.69) is 6.58 Å². The first-order valence-electron chi connectivity index (χ1n) is 8.65. The van der Waals surface area contributed by atoms with Gasteiger partial charge in [-0.15, -0.1) is 0 Å². The summed E-state index contributed by atoms with van der Waals surface area (Å²) >= 11 is 0. The molecule has 1 fully saturated rings. The number of aliphatic hydroxyl groups excluding tert-OH is 2. The van der Waals surface area contributed by atoms with E-state index in [1.807, 2.05) is 13.0 Å². The highest BCUT2D eigenvalue weighted by Crippen LogP contribution is 2.36. The summed E-state index contributed by atoms with van der Waals surface area (Å²) < 4.78 is 11.1. The fourth-order valence-electron chi connectivity index (χ4n) is 3.14. The quantitative estimate of drug-likeness (QED) is 0.453. The minimum absolute atomic E-state index is 0.253. The molecule has 1 aliphatic carbocycles. The highest BCUT2D eigenvalue weighted by atomic mass is 16.6. The molecule has 1 saturated heterocycles. The Labute approximate surface area is 153 Å². The smallest absolute Gasteiger partial charge is 0.334 e. The standard InChI is InChI=1S/C20H26O6/c1-11-5-6-15(22)13(3)10-17-18(14(4)20(24)26-17)16(9-11)25-19(23)12(2)7-8-21/h5,7,10,15-18,21-22H,4,6,8-9H2,1-3H3/b11-5-,12-7+,13-10-. The van der Waals surface area contributed by atoms with E-state index in [9.17, 15) is 14.7 Å². The molecular weight excluding hydrogens is 336 g/mol. The van der Waals surface area contributed by atoms with E-state index >= 15 is 0 Å². The van der Waals surface area contributed by atoms with E-state index in [1.165, 1.54) is 6.08 Å². The number of aliphatic hydroxyl groups is 2. The Morgan fingerprint density at radius 3 is 2.81 bits per heavy atom. The van der Waals surface area contributed by atoms with Gasteiger partial charge in [-0.05, 0) is 44.9 Å². The van der Waals surface area contributed by atoms with Crippen molar-refractivity contribution < 1.29 is 29.3 Å². The van der Waals surface area contributed by atoms with Gasteiger partial charge in [0.05, 0.1) is 18.6 Å². The van der Waals surface area contributed by atoms with Crippen LogP contribution in [0.5, 0.6) is 0 Å². The van der Waals surface area contributed by atoms with Crippen LogP contribution in [0, 0.1) is 5.92 Å². The Morgan fingerprint density at radius 1 is 1.46 bits per heavy atom. The highest BCUT2D eigenvalue weighted by molar-refractivity contribution is 5.92. The van der Waals surface area contributed by atoms with Crippen molar-refractivity contribution in [1.29, 1.82) is 0 Å². The molecule has 2 rings (SSSR count). The van der Waals surface area contributed by atoms with Crippen LogP contribution in [-0.4, -0.2) is 47.1 Å². The molecule has 0 aromatic rings. The van der Waals surface area contributed by atoms with Crippen LogP contribution in [0.15, 0.2) is 47.1 Å². The molecule has 6 nitrogen and oxygen atoms in total. The predicted molar refractivity (Wildman–Crippen MR) is 96.0 cm³/mol. The molecule has 2 aliphatic rings. The Balaban J connectivity index is 2.39. The second-order valence-corrected chi connectivity index (χ2v) is 6.85. The lowest BCUT2D eigenvalue weighted by atomic mass is 9.85. The lowest BCUT2D eigenvalue weighted by Gasteiger charge is -2.28. The van der Waals surface area contributed by atoms with Crippen molar-refractivity contribution in [2.24, 2.45) is 5.92 Å². The molecule has 4 unspecified atom stereocenters. The van der Waals surface area contributed by atoms with Gasteiger partial charge in [0.1, 0.15) is 12.2 Å². The second-order valence-electron chi connectivity index (χ2n) is 6.85. The van der Waals surface area contributed by atoms with Gasteiger partial charge in [-0.25, -0.2) is 9.59 Å². The first kappa shape index (κ1) is 20.1. The first-order valence-corrected chi connectivity index (χ1v) is 8.65. The van der Waals surface area contributed by atoms with Crippen molar-refractivity contribution in [3.63, 3.8) is 0 Å². The van der Waals surface area contributed by atoms with Gasteiger partial charge in [0.2, 0.25) is 0 Å². The third-order valence-corrected chi connectivity index (χ3v) is 4.81. The molecule has 4 atom stereocenters. The van der Waals surface area contributed by atoms with Crippen LogP contribution < -0.4 is 0 Å². The number of carbonyl (C=O) groups is 2. The molecule has 1 heterocycles. The number of hydrogen-bond acceptors (Lipinski definition) is 6. The molecule has 26 heavy (non-hydrogen) atoms. The van der Waals surface area contributed by atoms with Gasteiger partial charge in [-0.2, -0.15) is 0 Å². The molecule has 0 bridgehead atoms. The summed E-state index contributed by atoms with van der Waals surface area (Å²) in [6.45, 7) is 8.79. The van der Waals surface area contributed by atoms with Crippen LogP contribution in [0.25, 0.3) is 0 Å². The number of fused-ring (bicyclic) bond motifs is 1. The summed E-state index contributed by atoms with van der Waals surface area (Å²) in [5.41, 5.74) is 2.17. The van der Waals surface area contributed by atoms with Gasteiger partial charge < -0.3 is 19.7 Å². The molecule has 0 spiro atoms. The van der Waals surface area contributed by atoms with Gasteiger partial charge in [0.15, 0.2) is 0 Å². The van der Waals surface area contributed by atoms with Crippen molar-refractivity contribution in [3.8, 4) is 0 Å². The van der Waals surface area contributed by atoms with Gasteiger partial charge in [0, 0.05) is 17.6 Å². The molecule has 1 aliphatic heterocycles. The minimum atomic E-state index is -0.660. The fraction of sp³-hybridized carbons (Fsp3) is 0.500. The molecule has 142 valence electrons.